The number of hydrogen-bond donors (Lipinski definition) is 2. The molecule has 126 valence electrons. The number of rotatable bonds is 7. The third kappa shape index (κ3) is 5.85. The highest BCUT2D eigenvalue weighted by Crippen LogP contribution is 2.18. The molecule has 1 heterocycles. The fraction of sp³-hybridized carbons (Fsp3) is 0.250. The van der Waals surface area contributed by atoms with Crippen molar-refractivity contribution in [1.29, 1.82) is 0 Å². The lowest BCUT2D eigenvalue weighted by atomic mass is 10.3. The van der Waals surface area contributed by atoms with Crippen LogP contribution >= 0.6 is 11.6 Å². The Balaban J connectivity index is 1.91. The van der Waals surface area contributed by atoms with Gasteiger partial charge in [-0.2, -0.15) is 0 Å². The van der Waals surface area contributed by atoms with Crippen molar-refractivity contribution >= 4 is 40.8 Å². The first-order chi connectivity index (χ1) is 11.6. The Hall–Kier alpha value is -2.67. The molecule has 0 bridgehead atoms. The summed E-state index contributed by atoms with van der Waals surface area (Å²) >= 11 is 5.84. The van der Waals surface area contributed by atoms with Crippen molar-refractivity contribution in [1.82, 2.24) is 9.97 Å². The van der Waals surface area contributed by atoms with Gasteiger partial charge in [0.05, 0.1) is 13.0 Å². The summed E-state index contributed by atoms with van der Waals surface area (Å²) in [5.41, 5.74) is 0.803. The highest BCUT2D eigenvalue weighted by Gasteiger charge is 2.09. The smallest absolute Gasteiger partial charge is 0.306 e. The Kier molecular flexibility index (Phi) is 6.51. The molecular weight excluding hydrogens is 332 g/mol. The van der Waals surface area contributed by atoms with Crippen LogP contribution in [0.5, 0.6) is 0 Å². The number of benzene rings is 1. The van der Waals surface area contributed by atoms with Gasteiger partial charge in [0, 0.05) is 23.2 Å². The average molecular weight is 349 g/mol. The lowest BCUT2D eigenvalue weighted by Gasteiger charge is -2.08. The van der Waals surface area contributed by atoms with Crippen LogP contribution in [0.1, 0.15) is 19.8 Å². The van der Waals surface area contributed by atoms with E-state index in [4.69, 9.17) is 16.3 Å². The molecule has 2 aromatic rings. The van der Waals surface area contributed by atoms with Crippen LogP contribution in [0.25, 0.3) is 0 Å². The van der Waals surface area contributed by atoms with Gasteiger partial charge in [0.15, 0.2) is 0 Å². The van der Waals surface area contributed by atoms with E-state index in [9.17, 15) is 9.59 Å². The SMILES string of the molecule is CCOC(=O)CCC(=O)Nc1cc(Nc2ccc(Cl)cc2)ncn1. The van der Waals surface area contributed by atoms with Crippen LogP contribution in [-0.2, 0) is 14.3 Å². The van der Waals surface area contributed by atoms with E-state index >= 15 is 0 Å². The minimum absolute atomic E-state index is 0.0284. The van der Waals surface area contributed by atoms with Crippen LogP contribution in [0.3, 0.4) is 0 Å². The third-order valence-electron chi connectivity index (χ3n) is 2.91. The first-order valence-corrected chi connectivity index (χ1v) is 7.74. The molecule has 0 unspecified atom stereocenters. The predicted octanol–water partition coefficient (Wildman–Crippen LogP) is 3.16. The minimum atomic E-state index is -0.402. The number of nitrogens with zero attached hydrogens (tertiary/aromatic N) is 2. The molecule has 1 aromatic carbocycles. The van der Waals surface area contributed by atoms with E-state index in [0.717, 1.165) is 5.69 Å². The molecular formula is C16H17ClN4O3. The van der Waals surface area contributed by atoms with E-state index in [1.54, 1.807) is 25.1 Å². The Morgan fingerprint density at radius 1 is 1.12 bits per heavy atom. The van der Waals surface area contributed by atoms with E-state index in [-0.39, 0.29) is 18.7 Å². The predicted molar refractivity (Wildman–Crippen MR) is 91.3 cm³/mol. The number of carbonyl (C=O) groups is 2. The maximum absolute atomic E-state index is 11.8. The molecule has 0 saturated carbocycles. The Labute approximate surface area is 144 Å². The van der Waals surface area contributed by atoms with Gasteiger partial charge in [-0.3, -0.25) is 9.59 Å². The van der Waals surface area contributed by atoms with Crippen LogP contribution in [0.15, 0.2) is 36.7 Å². The first kappa shape index (κ1) is 17.7. The molecule has 0 aliphatic rings. The standard InChI is InChI=1S/C16H17ClN4O3/c1-2-24-16(23)8-7-15(22)21-14-9-13(18-10-19-14)20-12-5-3-11(17)4-6-12/h3-6,9-10H,2,7-8H2,1H3,(H2,18,19,20,21,22). The summed E-state index contributed by atoms with van der Waals surface area (Å²) < 4.78 is 4.77. The van der Waals surface area contributed by atoms with Crippen molar-refractivity contribution in [3.05, 3.63) is 41.7 Å². The van der Waals surface area contributed by atoms with Gasteiger partial charge in [0.25, 0.3) is 0 Å². The molecule has 24 heavy (non-hydrogen) atoms. The Morgan fingerprint density at radius 2 is 1.83 bits per heavy atom. The van der Waals surface area contributed by atoms with Gasteiger partial charge < -0.3 is 15.4 Å². The van der Waals surface area contributed by atoms with Crippen molar-refractivity contribution in [3.63, 3.8) is 0 Å². The zero-order chi connectivity index (χ0) is 17.4. The summed E-state index contributed by atoms with van der Waals surface area (Å²) in [5, 5.41) is 6.33. The van der Waals surface area contributed by atoms with E-state index in [1.165, 1.54) is 6.33 Å². The summed E-state index contributed by atoms with van der Waals surface area (Å²) in [7, 11) is 0. The zero-order valence-electron chi connectivity index (χ0n) is 13.1. The number of amides is 1. The molecule has 0 spiro atoms. The van der Waals surface area contributed by atoms with Crippen LogP contribution in [0.4, 0.5) is 17.3 Å². The fourth-order valence-electron chi connectivity index (χ4n) is 1.83. The number of halogens is 1. The maximum Gasteiger partial charge on any atom is 0.306 e. The number of aromatic nitrogens is 2. The molecule has 0 fully saturated rings. The van der Waals surface area contributed by atoms with E-state index in [2.05, 4.69) is 20.6 Å². The fourth-order valence-corrected chi connectivity index (χ4v) is 1.96. The quantitative estimate of drug-likeness (QED) is 0.746. The molecule has 1 amide bonds. The minimum Gasteiger partial charge on any atom is -0.466 e. The zero-order valence-corrected chi connectivity index (χ0v) is 13.8. The third-order valence-corrected chi connectivity index (χ3v) is 3.16. The average Bonchev–Trinajstić information content (AvgIpc) is 2.56. The van der Waals surface area contributed by atoms with Gasteiger partial charge >= 0.3 is 5.97 Å². The maximum atomic E-state index is 11.8. The van der Waals surface area contributed by atoms with Gasteiger partial charge in [-0.25, -0.2) is 9.97 Å². The summed E-state index contributed by atoms with van der Waals surface area (Å²) in [5.74, 6) is 0.142. The van der Waals surface area contributed by atoms with E-state index < -0.39 is 5.97 Å². The van der Waals surface area contributed by atoms with Gasteiger partial charge in [-0.05, 0) is 31.2 Å². The second kappa shape index (κ2) is 8.83. The number of esters is 1. The summed E-state index contributed by atoms with van der Waals surface area (Å²) in [6.07, 6.45) is 1.39. The lowest BCUT2D eigenvalue weighted by Crippen LogP contribution is -2.15. The normalized spacial score (nSPS) is 10.1. The molecule has 0 aliphatic carbocycles. The second-order valence-corrected chi connectivity index (χ2v) is 5.21. The van der Waals surface area contributed by atoms with Crippen LogP contribution in [0, 0.1) is 0 Å². The summed E-state index contributed by atoms with van der Waals surface area (Å²) in [6.45, 7) is 2.01. The molecule has 2 rings (SSSR count). The van der Waals surface area contributed by atoms with Crippen molar-refractivity contribution < 1.29 is 14.3 Å². The van der Waals surface area contributed by atoms with Crippen molar-refractivity contribution in [2.45, 2.75) is 19.8 Å². The monoisotopic (exact) mass is 348 g/mol. The molecule has 0 radical (unpaired) electrons. The highest BCUT2D eigenvalue weighted by atomic mass is 35.5. The van der Waals surface area contributed by atoms with E-state index in [0.29, 0.717) is 23.3 Å². The number of ether oxygens (including phenoxy) is 1. The van der Waals surface area contributed by atoms with Crippen LogP contribution < -0.4 is 10.6 Å². The molecule has 0 saturated heterocycles. The molecule has 0 atom stereocenters. The van der Waals surface area contributed by atoms with Crippen molar-refractivity contribution in [3.8, 4) is 0 Å². The van der Waals surface area contributed by atoms with Gasteiger partial charge in [-0.15, -0.1) is 0 Å². The topological polar surface area (TPSA) is 93.2 Å². The van der Waals surface area contributed by atoms with Gasteiger partial charge in [0.1, 0.15) is 18.0 Å². The largest absolute Gasteiger partial charge is 0.466 e. The number of nitrogens with one attached hydrogen (secondary N) is 2. The number of anilines is 3. The van der Waals surface area contributed by atoms with Crippen LogP contribution in [0.2, 0.25) is 5.02 Å². The molecule has 7 nitrogen and oxygen atoms in total. The Bertz CT molecular complexity index is 707. The second-order valence-electron chi connectivity index (χ2n) is 4.77. The summed E-state index contributed by atoms with van der Waals surface area (Å²) in [6, 6.07) is 8.72. The van der Waals surface area contributed by atoms with Crippen LogP contribution in [-0.4, -0.2) is 28.5 Å². The number of hydrogen-bond acceptors (Lipinski definition) is 6. The first-order valence-electron chi connectivity index (χ1n) is 7.37. The lowest BCUT2D eigenvalue weighted by molar-refractivity contribution is -0.144. The van der Waals surface area contributed by atoms with Gasteiger partial charge in [0.2, 0.25) is 5.91 Å². The number of carbonyl (C=O) groups excluding carboxylic acids is 2. The molecule has 0 aliphatic heterocycles. The van der Waals surface area contributed by atoms with Crippen molar-refractivity contribution in [2.24, 2.45) is 0 Å². The van der Waals surface area contributed by atoms with Crippen molar-refractivity contribution in [2.75, 3.05) is 17.2 Å². The highest BCUT2D eigenvalue weighted by molar-refractivity contribution is 6.30. The van der Waals surface area contributed by atoms with E-state index in [1.807, 2.05) is 12.1 Å². The molecule has 1 aromatic heterocycles. The molecule has 2 N–H and O–H groups in total. The Morgan fingerprint density at radius 3 is 2.54 bits per heavy atom. The molecule has 8 heteroatoms. The van der Waals surface area contributed by atoms with Gasteiger partial charge in [-0.1, -0.05) is 11.6 Å². The summed E-state index contributed by atoms with van der Waals surface area (Å²) in [4.78, 5) is 31.1.